The molecule has 0 atom stereocenters. The average Bonchev–Trinajstić information content (AvgIpc) is 2.24. The number of ether oxygens (including phenoxy) is 1. The summed E-state index contributed by atoms with van der Waals surface area (Å²) in [4.78, 5) is 7.63. The van der Waals surface area contributed by atoms with E-state index in [4.69, 9.17) is 27.9 Å². The molecule has 0 saturated heterocycles. The average molecular weight is 259 g/mol. The van der Waals surface area contributed by atoms with E-state index in [1.807, 2.05) is 0 Å². The molecule has 1 aromatic carbocycles. The molecule has 1 heterocycles. The molecular formula is C10H5Cl2FN2O. The lowest BCUT2D eigenvalue weighted by Gasteiger charge is -2.04. The van der Waals surface area contributed by atoms with Gasteiger partial charge in [0.1, 0.15) is 11.6 Å². The Morgan fingerprint density at radius 2 is 2.00 bits per heavy atom. The smallest absolute Gasteiger partial charge is 0.239 e. The van der Waals surface area contributed by atoms with E-state index in [-0.39, 0.29) is 21.8 Å². The molecule has 0 amide bonds. The summed E-state index contributed by atoms with van der Waals surface area (Å²) in [5, 5.41) is 0.233. The Morgan fingerprint density at radius 1 is 1.19 bits per heavy atom. The van der Waals surface area contributed by atoms with Crippen LogP contribution >= 0.6 is 23.2 Å². The molecule has 0 fully saturated rings. The minimum Gasteiger partial charge on any atom is -0.437 e. The van der Waals surface area contributed by atoms with Crippen LogP contribution < -0.4 is 4.74 Å². The van der Waals surface area contributed by atoms with Crippen LogP contribution in [0.4, 0.5) is 4.39 Å². The lowest BCUT2D eigenvalue weighted by atomic mass is 10.3. The van der Waals surface area contributed by atoms with Crippen molar-refractivity contribution in [2.75, 3.05) is 0 Å². The minimum absolute atomic E-state index is 0.0320. The molecule has 0 aliphatic rings. The first-order chi connectivity index (χ1) is 7.65. The highest BCUT2D eigenvalue weighted by atomic mass is 35.5. The molecular weight excluding hydrogens is 254 g/mol. The summed E-state index contributed by atoms with van der Waals surface area (Å²) >= 11 is 11.1. The van der Waals surface area contributed by atoms with Gasteiger partial charge in [-0.2, -0.15) is 4.98 Å². The molecule has 0 N–H and O–H groups in total. The quantitative estimate of drug-likeness (QED) is 0.824. The number of rotatable bonds is 2. The van der Waals surface area contributed by atoms with Crippen LogP contribution in [0.15, 0.2) is 30.6 Å². The number of halogens is 3. The van der Waals surface area contributed by atoms with Gasteiger partial charge in [-0.15, -0.1) is 0 Å². The van der Waals surface area contributed by atoms with E-state index >= 15 is 0 Å². The molecule has 0 unspecified atom stereocenters. The fourth-order valence-corrected chi connectivity index (χ4v) is 1.29. The van der Waals surface area contributed by atoms with Gasteiger partial charge in [-0.05, 0) is 12.1 Å². The van der Waals surface area contributed by atoms with Crippen molar-refractivity contribution in [2.45, 2.75) is 0 Å². The molecule has 0 radical (unpaired) electrons. The summed E-state index contributed by atoms with van der Waals surface area (Å²) in [7, 11) is 0. The second-order valence-corrected chi connectivity index (χ2v) is 3.65. The van der Waals surface area contributed by atoms with Crippen LogP contribution in [0.25, 0.3) is 0 Å². The summed E-state index contributed by atoms with van der Waals surface area (Å²) in [6.07, 6.45) is 2.75. The number of nitrogens with zero attached hydrogens (tertiary/aromatic N) is 2. The van der Waals surface area contributed by atoms with Crippen molar-refractivity contribution < 1.29 is 9.13 Å². The van der Waals surface area contributed by atoms with E-state index in [0.717, 1.165) is 6.07 Å². The topological polar surface area (TPSA) is 35.0 Å². The zero-order valence-corrected chi connectivity index (χ0v) is 9.34. The summed E-state index contributed by atoms with van der Waals surface area (Å²) < 4.78 is 18.3. The van der Waals surface area contributed by atoms with Gasteiger partial charge >= 0.3 is 0 Å². The third-order valence-electron chi connectivity index (χ3n) is 1.70. The molecule has 1 aromatic heterocycles. The van der Waals surface area contributed by atoms with Crippen molar-refractivity contribution in [3.05, 3.63) is 46.6 Å². The molecule has 0 saturated carbocycles. The fourth-order valence-electron chi connectivity index (χ4n) is 1.04. The first kappa shape index (κ1) is 11.1. The molecule has 6 heteroatoms. The van der Waals surface area contributed by atoms with Crippen LogP contribution in [-0.4, -0.2) is 9.97 Å². The molecule has 0 spiro atoms. The van der Waals surface area contributed by atoms with Crippen LogP contribution in [0.5, 0.6) is 11.6 Å². The fraction of sp³-hybridized carbons (Fsp3) is 0. The standard InChI is InChI=1S/C10H5Cl2FN2O/c11-7-2-1-6(3-8(7)13)16-10-5-14-4-9(12)15-10/h1-5H. The van der Waals surface area contributed by atoms with E-state index in [9.17, 15) is 4.39 Å². The monoisotopic (exact) mass is 258 g/mol. The maximum Gasteiger partial charge on any atom is 0.239 e. The molecule has 82 valence electrons. The van der Waals surface area contributed by atoms with Gasteiger partial charge in [-0.1, -0.05) is 23.2 Å². The predicted octanol–water partition coefficient (Wildman–Crippen LogP) is 3.71. The summed E-state index contributed by atoms with van der Waals surface area (Å²) in [6, 6.07) is 4.07. The third kappa shape index (κ3) is 2.59. The zero-order valence-electron chi connectivity index (χ0n) is 7.82. The molecule has 0 bridgehead atoms. The first-order valence-electron chi connectivity index (χ1n) is 4.25. The Bertz CT molecular complexity index is 522. The second-order valence-electron chi connectivity index (χ2n) is 2.86. The van der Waals surface area contributed by atoms with Gasteiger partial charge in [0, 0.05) is 6.07 Å². The van der Waals surface area contributed by atoms with Gasteiger partial charge in [0.25, 0.3) is 0 Å². The lowest BCUT2D eigenvalue weighted by Crippen LogP contribution is -1.90. The maximum atomic E-state index is 13.1. The highest BCUT2D eigenvalue weighted by Gasteiger charge is 2.04. The third-order valence-corrected chi connectivity index (χ3v) is 2.19. The highest BCUT2D eigenvalue weighted by molar-refractivity contribution is 6.30. The van der Waals surface area contributed by atoms with Crippen LogP contribution in [0.2, 0.25) is 10.2 Å². The Kier molecular flexibility index (Phi) is 3.22. The van der Waals surface area contributed by atoms with E-state index in [0.29, 0.717) is 0 Å². The summed E-state index contributed by atoms with van der Waals surface area (Å²) in [5.74, 6) is -0.0955. The van der Waals surface area contributed by atoms with Crippen molar-refractivity contribution in [3.63, 3.8) is 0 Å². The summed E-state index contributed by atoms with van der Waals surface area (Å²) in [6.45, 7) is 0. The second kappa shape index (κ2) is 4.63. The van der Waals surface area contributed by atoms with Gasteiger partial charge in [0.15, 0.2) is 5.15 Å². The Balaban J connectivity index is 2.24. The highest BCUT2D eigenvalue weighted by Crippen LogP contribution is 2.24. The Morgan fingerprint density at radius 3 is 2.69 bits per heavy atom. The predicted molar refractivity (Wildman–Crippen MR) is 58.5 cm³/mol. The van der Waals surface area contributed by atoms with E-state index < -0.39 is 5.82 Å². The van der Waals surface area contributed by atoms with Crippen molar-refractivity contribution in [2.24, 2.45) is 0 Å². The molecule has 0 aliphatic carbocycles. The van der Waals surface area contributed by atoms with E-state index in [1.54, 1.807) is 0 Å². The Labute approximate surface area is 101 Å². The first-order valence-corrected chi connectivity index (χ1v) is 5.01. The lowest BCUT2D eigenvalue weighted by molar-refractivity contribution is 0.455. The Hall–Kier alpha value is -1.39. The van der Waals surface area contributed by atoms with Gasteiger partial charge in [0.05, 0.1) is 17.4 Å². The number of benzene rings is 1. The number of hydrogen-bond acceptors (Lipinski definition) is 3. The largest absolute Gasteiger partial charge is 0.437 e. The van der Waals surface area contributed by atoms with Crippen molar-refractivity contribution in [1.82, 2.24) is 9.97 Å². The van der Waals surface area contributed by atoms with Crippen molar-refractivity contribution in [1.29, 1.82) is 0 Å². The maximum absolute atomic E-state index is 13.1. The van der Waals surface area contributed by atoms with Gasteiger partial charge < -0.3 is 4.74 Å². The number of aromatic nitrogens is 2. The van der Waals surface area contributed by atoms with Crippen molar-refractivity contribution in [3.8, 4) is 11.6 Å². The minimum atomic E-state index is -0.561. The summed E-state index contributed by atoms with van der Waals surface area (Å²) in [5.41, 5.74) is 0. The number of hydrogen-bond donors (Lipinski definition) is 0. The molecule has 16 heavy (non-hydrogen) atoms. The normalized spacial score (nSPS) is 10.2. The van der Waals surface area contributed by atoms with Crippen LogP contribution in [-0.2, 0) is 0 Å². The molecule has 0 aliphatic heterocycles. The van der Waals surface area contributed by atoms with Gasteiger partial charge in [-0.25, -0.2) is 4.39 Å². The van der Waals surface area contributed by atoms with Crippen molar-refractivity contribution >= 4 is 23.2 Å². The molecule has 3 nitrogen and oxygen atoms in total. The molecule has 2 rings (SSSR count). The van der Waals surface area contributed by atoms with Gasteiger partial charge in [-0.3, -0.25) is 4.98 Å². The van der Waals surface area contributed by atoms with Crippen LogP contribution in [0, 0.1) is 5.82 Å². The SMILES string of the molecule is Fc1cc(Oc2cncc(Cl)n2)ccc1Cl. The zero-order chi connectivity index (χ0) is 11.5. The van der Waals surface area contributed by atoms with Crippen LogP contribution in [0.1, 0.15) is 0 Å². The molecule has 2 aromatic rings. The van der Waals surface area contributed by atoms with E-state index in [1.165, 1.54) is 24.5 Å². The van der Waals surface area contributed by atoms with E-state index in [2.05, 4.69) is 9.97 Å². The van der Waals surface area contributed by atoms with Crippen LogP contribution in [0.3, 0.4) is 0 Å². The van der Waals surface area contributed by atoms with Gasteiger partial charge in [0.2, 0.25) is 5.88 Å².